The van der Waals surface area contributed by atoms with Crippen LogP contribution in [-0.4, -0.2) is 68.5 Å². The van der Waals surface area contributed by atoms with Crippen LogP contribution in [-0.2, 0) is 18.4 Å². The highest BCUT2D eigenvalue weighted by Gasteiger charge is 2.23. The third-order valence-corrected chi connectivity index (χ3v) is 18.2. The van der Waals surface area contributed by atoms with Gasteiger partial charge in [-0.2, -0.15) is 0 Å². The van der Waals surface area contributed by atoms with Crippen LogP contribution in [0, 0.1) is 0 Å². The number of likely N-dealkylation sites (N-methyl/N-ethyl adjacent to an activating group) is 1. The first-order chi connectivity index (χ1) is 42.0. The van der Waals surface area contributed by atoms with Crippen molar-refractivity contribution >= 4 is 13.7 Å². The molecule has 0 fully saturated rings. The number of amides is 1. The lowest BCUT2D eigenvalue weighted by Crippen LogP contribution is -2.45. The largest absolute Gasteiger partial charge is 0.756 e. The number of nitrogens with zero attached hydrogens (tertiary/aromatic N) is 1. The Morgan fingerprint density at radius 1 is 0.419 bits per heavy atom. The van der Waals surface area contributed by atoms with Crippen molar-refractivity contribution in [3.05, 3.63) is 60.8 Å². The van der Waals surface area contributed by atoms with Gasteiger partial charge in [-0.05, 0) is 57.8 Å². The maximum atomic E-state index is 13.1. The summed E-state index contributed by atoms with van der Waals surface area (Å²) in [5.74, 6) is -0.190. The molecule has 0 radical (unpaired) electrons. The summed E-state index contributed by atoms with van der Waals surface area (Å²) in [6.45, 7) is 4.59. The van der Waals surface area contributed by atoms with Gasteiger partial charge in [-0.1, -0.05) is 370 Å². The standard InChI is InChI=1S/C77H147N2O6P/c1-6-8-10-12-14-16-18-20-22-24-26-28-30-32-34-36-37-38-39-40-41-43-45-47-49-51-53-55-57-59-61-63-65-67-69-71-77(81)78-75(74-85-86(82,83)84-73-72-79(3,4)5)76(80)70-68-66-64-62-60-58-56-54-52-50-48-46-44-42-35-33-31-29-27-25-23-21-19-17-15-13-11-9-7-2/h8,10,14,16,20,22,26,28,68,70,75-76,80H,6-7,9,11-13,15,17-19,21,23-25,27,29-67,69,71-74H2,1-5H3,(H-,78,81,82,83)/b10-8-,16-14-,22-20-,28-26-,70-68+. The zero-order valence-corrected chi connectivity index (χ0v) is 58.9. The molecule has 3 atom stereocenters. The summed E-state index contributed by atoms with van der Waals surface area (Å²) in [6.07, 6.45) is 93.7. The summed E-state index contributed by atoms with van der Waals surface area (Å²) < 4.78 is 23.5. The average molecular weight is 1230 g/mol. The van der Waals surface area contributed by atoms with Gasteiger partial charge in [-0.3, -0.25) is 9.36 Å². The maximum Gasteiger partial charge on any atom is 0.268 e. The van der Waals surface area contributed by atoms with Gasteiger partial charge in [0.2, 0.25) is 5.91 Å². The highest BCUT2D eigenvalue weighted by Crippen LogP contribution is 2.38. The Labute approximate surface area is 536 Å². The second-order valence-electron chi connectivity index (χ2n) is 27.0. The third-order valence-electron chi connectivity index (χ3n) is 17.2. The first-order valence-electron chi connectivity index (χ1n) is 37.7. The fourth-order valence-electron chi connectivity index (χ4n) is 11.4. The molecule has 3 unspecified atom stereocenters. The van der Waals surface area contributed by atoms with Gasteiger partial charge in [0.25, 0.3) is 7.82 Å². The van der Waals surface area contributed by atoms with Crippen LogP contribution in [0.3, 0.4) is 0 Å². The van der Waals surface area contributed by atoms with Crippen molar-refractivity contribution in [2.45, 2.75) is 386 Å². The predicted octanol–water partition coefficient (Wildman–Crippen LogP) is 23.7. The van der Waals surface area contributed by atoms with E-state index in [1.54, 1.807) is 6.08 Å². The normalized spacial score (nSPS) is 13.9. The minimum atomic E-state index is -4.61. The van der Waals surface area contributed by atoms with Gasteiger partial charge in [0.05, 0.1) is 39.9 Å². The highest BCUT2D eigenvalue weighted by atomic mass is 31.2. The van der Waals surface area contributed by atoms with Gasteiger partial charge in [0.15, 0.2) is 0 Å². The Bertz CT molecular complexity index is 1590. The zero-order valence-electron chi connectivity index (χ0n) is 58.0. The molecule has 0 aromatic carbocycles. The van der Waals surface area contributed by atoms with Gasteiger partial charge < -0.3 is 28.8 Å². The lowest BCUT2D eigenvalue weighted by Gasteiger charge is -2.29. The van der Waals surface area contributed by atoms with Crippen LogP contribution in [0.4, 0.5) is 0 Å². The number of phosphoric acid groups is 1. The van der Waals surface area contributed by atoms with E-state index in [2.05, 4.69) is 67.8 Å². The molecule has 0 rings (SSSR count). The molecule has 1 amide bonds. The van der Waals surface area contributed by atoms with Crippen LogP contribution in [0.5, 0.6) is 0 Å². The molecule has 9 heteroatoms. The fourth-order valence-corrected chi connectivity index (χ4v) is 12.2. The summed E-state index contributed by atoms with van der Waals surface area (Å²) in [4.78, 5) is 25.7. The minimum absolute atomic E-state index is 0.000299. The molecule has 506 valence electrons. The van der Waals surface area contributed by atoms with E-state index in [0.717, 1.165) is 64.2 Å². The second-order valence-corrected chi connectivity index (χ2v) is 28.4. The first kappa shape index (κ1) is 84.2. The quantitative estimate of drug-likeness (QED) is 0.0272. The molecule has 86 heavy (non-hydrogen) atoms. The number of aliphatic hydroxyl groups is 1. The Morgan fingerprint density at radius 3 is 1.03 bits per heavy atom. The molecule has 0 aromatic heterocycles. The van der Waals surface area contributed by atoms with E-state index in [9.17, 15) is 19.4 Å². The SMILES string of the molecule is CC/C=C\C/C=C\C/C=C\C/C=C\CCCCCCCCCCCCCCCCCCCCCCCCC(=O)NC(COP(=O)([O-])OCC[N+](C)(C)C)C(O)/C=C/CCCCCCCCCCCCCCCCCCCCCCCCCCCCC. The van der Waals surface area contributed by atoms with Gasteiger partial charge >= 0.3 is 0 Å². The zero-order chi connectivity index (χ0) is 62.6. The van der Waals surface area contributed by atoms with Crippen LogP contribution in [0.15, 0.2) is 60.8 Å². The van der Waals surface area contributed by atoms with Crippen molar-refractivity contribution in [1.29, 1.82) is 0 Å². The molecule has 2 N–H and O–H groups in total. The number of allylic oxidation sites excluding steroid dienone is 9. The predicted molar refractivity (Wildman–Crippen MR) is 376 cm³/mol. The molecule has 0 aliphatic heterocycles. The van der Waals surface area contributed by atoms with Crippen LogP contribution < -0.4 is 10.2 Å². The van der Waals surface area contributed by atoms with Crippen molar-refractivity contribution in [3.63, 3.8) is 0 Å². The Morgan fingerprint density at radius 2 is 0.709 bits per heavy atom. The summed E-state index contributed by atoms with van der Waals surface area (Å²) in [6, 6.07) is -0.888. The van der Waals surface area contributed by atoms with Crippen LogP contribution in [0.2, 0.25) is 0 Å². The number of carbonyl (C=O) groups excluding carboxylic acids is 1. The number of aliphatic hydroxyl groups excluding tert-OH is 1. The molecule has 0 saturated heterocycles. The molecule has 0 spiro atoms. The molecule has 0 saturated carbocycles. The van der Waals surface area contributed by atoms with Gasteiger partial charge in [-0.25, -0.2) is 0 Å². The van der Waals surface area contributed by atoms with Crippen LogP contribution in [0.25, 0.3) is 0 Å². The first-order valence-corrected chi connectivity index (χ1v) is 39.1. The van der Waals surface area contributed by atoms with E-state index in [4.69, 9.17) is 9.05 Å². The van der Waals surface area contributed by atoms with E-state index in [0.29, 0.717) is 17.4 Å². The van der Waals surface area contributed by atoms with E-state index in [1.807, 2.05) is 27.2 Å². The van der Waals surface area contributed by atoms with Crippen LogP contribution >= 0.6 is 7.82 Å². The number of quaternary nitrogens is 1. The second kappa shape index (κ2) is 67.6. The summed E-state index contributed by atoms with van der Waals surface area (Å²) >= 11 is 0. The molecular weight excluding hydrogens is 1080 g/mol. The molecule has 0 aliphatic carbocycles. The fraction of sp³-hybridized carbons (Fsp3) is 0.857. The number of unbranched alkanes of at least 4 members (excludes halogenated alkanes) is 49. The third kappa shape index (κ3) is 69.7. The van der Waals surface area contributed by atoms with Crippen molar-refractivity contribution in [1.82, 2.24) is 5.32 Å². The minimum Gasteiger partial charge on any atom is -0.756 e. The van der Waals surface area contributed by atoms with Crippen molar-refractivity contribution in [3.8, 4) is 0 Å². The number of phosphoric ester groups is 1. The highest BCUT2D eigenvalue weighted by molar-refractivity contribution is 7.45. The Kier molecular flexibility index (Phi) is 66.2. The molecular formula is C77H147N2O6P. The van der Waals surface area contributed by atoms with E-state index >= 15 is 0 Å². The van der Waals surface area contributed by atoms with Crippen molar-refractivity contribution < 1.29 is 32.9 Å². The molecule has 8 nitrogen and oxygen atoms in total. The lowest BCUT2D eigenvalue weighted by atomic mass is 10.0. The van der Waals surface area contributed by atoms with Crippen molar-refractivity contribution in [2.75, 3.05) is 40.9 Å². The molecule has 0 heterocycles. The molecule has 0 aromatic rings. The van der Waals surface area contributed by atoms with E-state index in [-0.39, 0.29) is 19.1 Å². The summed E-state index contributed by atoms with van der Waals surface area (Å²) in [5, 5.41) is 14.0. The number of hydrogen-bond donors (Lipinski definition) is 2. The van der Waals surface area contributed by atoms with Gasteiger partial charge in [-0.15, -0.1) is 0 Å². The summed E-state index contributed by atoms with van der Waals surface area (Å²) in [5.41, 5.74) is 0. The van der Waals surface area contributed by atoms with Crippen molar-refractivity contribution in [2.24, 2.45) is 0 Å². The van der Waals surface area contributed by atoms with E-state index in [1.165, 1.54) is 289 Å². The van der Waals surface area contributed by atoms with Gasteiger partial charge in [0, 0.05) is 6.42 Å². The van der Waals surface area contributed by atoms with Gasteiger partial charge in [0.1, 0.15) is 13.2 Å². The smallest absolute Gasteiger partial charge is 0.268 e. The lowest BCUT2D eigenvalue weighted by molar-refractivity contribution is -0.870. The summed E-state index contributed by atoms with van der Waals surface area (Å²) in [7, 11) is 1.28. The molecule has 0 aliphatic rings. The van der Waals surface area contributed by atoms with Crippen LogP contribution in [0.1, 0.15) is 373 Å². The number of hydrogen-bond acceptors (Lipinski definition) is 6. The number of carbonyl (C=O) groups is 1. The maximum absolute atomic E-state index is 13.1. The average Bonchev–Trinajstić information content (AvgIpc) is 3.70. The molecule has 0 bridgehead atoms. The number of nitrogens with one attached hydrogen (secondary N) is 1. The van der Waals surface area contributed by atoms with E-state index < -0.39 is 20.0 Å². The Hall–Kier alpha value is -1.80. The number of rotatable bonds is 70. The Balaban J connectivity index is 3.99. The monoisotopic (exact) mass is 1230 g/mol. The topological polar surface area (TPSA) is 108 Å².